The predicted molar refractivity (Wildman–Crippen MR) is 86.2 cm³/mol. The molecule has 124 valence electrons. The Kier molecular flexibility index (Phi) is 8.14. The molecule has 0 aromatic rings. The number of amides is 1. The van der Waals surface area contributed by atoms with Gasteiger partial charge < -0.3 is 5.32 Å². The van der Waals surface area contributed by atoms with E-state index in [-0.39, 0.29) is 17.0 Å². The van der Waals surface area contributed by atoms with E-state index in [9.17, 15) is 17.6 Å². The highest BCUT2D eigenvalue weighted by atomic mass is 32.2. The fourth-order valence-electron chi connectivity index (χ4n) is 0.841. The quantitative estimate of drug-likeness (QED) is 0.792. The van der Waals surface area contributed by atoms with E-state index in [2.05, 4.69) is 11.9 Å². The largest absolute Gasteiger partial charge is 0.348 e. The van der Waals surface area contributed by atoms with E-state index >= 15 is 0 Å². The van der Waals surface area contributed by atoms with Crippen LogP contribution < -0.4 is 5.32 Å². The average Bonchev–Trinajstić information content (AvgIpc) is 2.24. The Labute approximate surface area is 128 Å². The number of rotatable bonds is 2. The van der Waals surface area contributed by atoms with Gasteiger partial charge in [-0.3, -0.25) is 4.79 Å². The molecule has 0 spiro atoms. The molecule has 0 rings (SSSR count). The Morgan fingerprint density at radius 2 is 1.48 bits per heavy atom. The molecule has 0 aliphatic heterocycles. The van der Waals surface area contributed by atoms with Gasteiger partial charge in [-0.05, 0) is 55.4 Å². The molecule has 21 heavy (non-hydrogen) atoms. The predicted octanol–water partition coefficient (Wildman–Crippen LogP) is 3.51. The SMILES string of the molecule is C/C(F)=C(\C)C(=O)NC(C)(C)C.C=CS(=O)(=O)C(C)(C)C. The van der Waals surface area contributed by atoms with Gasteiger partial charge in [-0.2, -0.15) is 0 Å². The van der Waals surface area contributed by atoms with Crippen LogP contribution in [0.5, 0.6) is 0 Å². The molecule has 0 aromatic carbocycles. The third-order valence-corrected chi connectivity index (χ3v) is 4.56. The van der Waals surface area contributed by atoms with Crippen molar-refractivity contribution < 1.29 is 17.6 Å². The number of allylic oxidation sites excluding steroid dienone is 1. The van der Waals surface area contributed by atoms with Crippen LogP contribution in [-0.4, -0.2) is 24.6 Å². The Morgan fingerprint density at radius 3 is 1.62 bits per heavy atom. The van der Waals surface area contributed by atoms with E-state index in [1.54, 1.807) is 20.8 Å². The smallest absolute Gasteiger partial charge is 0.249 e. The molecule has 1 amide bonds. The van der Waals surface area contributed by atoms with Gasteiger partial charge in [-0.1, -0.05) is 6.58 Å². The second-order valence-electron chi connectivity index (χ2n) is 6.69. The van der Waals surface area contributed by atoms with Crippen molar-refractivity contribution in [2.24, 2.45) is 0 Å². The van der Waals surface area contributed by atoms with Crippen molar-refractivity contribution in [3.63, 3.8) is 0 Å². The zero-order chi connectivity index (χ0) is 17.6. The van der Waals surface area contributed by atoms with E-state index in [0.717, 1.165) is 5.41 Å². The number of carbonyl (C=O) groups is 1. The Balaban J connectivity index is 0. The number of carbonyl (C=O) groups excluding carboxylic acids is 1. The minimum atomic E-state index is -3.07. The van der Waals surface area contributed by atoms with Gasteiger partial charge in [0.2, 0.25) is 5.91 Å². The van der Waals surface area contributed by atoms with Gasteiger partial charge in [0.1, 0.15) is 5.83 Å². The van der Waals surface area contributed by atoms with E-state index in [1.165, 1.54) is 13.8 Å². The molecule has 0 aliphatic carbocycles. The van der Waals surface area contributed by atoms with Crippen LogP contribution in [0.4, 0.5) is 4.39 Å². The summed E-state index contributed by atoms with van der Waals surface area (Å²) in [5, 5.41) is 3.66. The fourth-order valence-corrected chi connectivity index (χ4v) is 1.34. The lowest BCUT2D eigenvalue weighted by Gasteiger charge is -2.20. The van der Waals surface area contributed by atoms with Gasteiger partial charge in [0.05, 0.1) is 4.75 Å². The highest BCUT2D eigenvalue weighted by molar-refractivity contribution is 7.95. The number of nitrogens with one attached hydrogen (secondary N) is 1. The van der Waals surface area contributed by atoms with Crippen LogP contribution in [0.15, 0.2) is 23.4 Å². The van der Waals surface area contributed by atoms with Crippen LogP contribution in [-0.2, 0) is 14.6 Å². The Bertz CT molecular complexity index is 502. The molecule has 0 fully saturated rings. The summed E-state index contributed by atoms with van der Waals surface area (Å²) in [5.74, 6) is -0.778. The maximum Gasteiger partial charge on any atom is 0.249 e. The number of sulfone groups is 1. The highest BCUT2D eigenvalue weighted by Crippen LogP contribution is 2.15. The molecule has 0 unspecified atom stereocenters. The van der Waals surface area contributed by atoms with E-state index < -0.39 is 20.4 Å². The van der Waals surface area contributed by atoms with Gasteiger partial charge in [0, 0.05) is 16.5 Å². The summed E-state index contributed by atoms with van der Waals surface area (Å²) in [6.07, 6.45) is 0. The lowest BCUT2D eigenvalue weighted by molar-refractivity contribution is -0.118. The van der Waals surface area contributed by atoms with Crippen molar-refractivity contribution in [1.82, 2.24) is 5.32 Å². The van der Waals surface area contributed by atoms with Crippen molar-refractivity contribution in [3.05, 3.63) is 23.4 Å². The van der Waals surface area contributed by atoms with Crippen LogP contribution in [0, 0.1) is 0 Å². The highest BCUT2D eigenvalue weighted by Gasteiger charge is 2.25. The second kappa shape index (κ2) is 7.73. The van der Waals surface area contributed by atoms with Crippen LogP contribution >= 0.6 is 0 Å². The van der Waals surface area contributed by atoms with E-state index in [0.29, 0.717) is 0 Å². The van der Waals surface area contributed by atoms with E-state index in [4.69, 9.17) is 0 Å². The summed E-state index contributed by atoms with van der Waals surface area (Å²) in [7, 11) is -3.07. The van der Waals surface area contributed by atoms with Gasteiger partial charge >= 0.3 is 0 Å². The molecule has 1 N–H and O–H groups in total. The minimum absolute atomic E-state index is 0.143. The van der Waals surface area contributed by atoms with Gasteiger partial charge in [0.25, 0.3) is 0 Å². The zero-order valence-electron chi connectivity index (χ0n) is 14.3. The average molecular weight is 321 g/mol. The first-order chi connectivity index (χ1) is 9.05. The molecular weight excluding hydrogens is 293 g/mol. The first-order valence-electron chi connectivity index (χ1n) is 6.57. The maximum absolute atomic E-state index is 12.5. The van der Waals surface area contributed by atoms with E-state index in [1.807, 2.05) is 20.8 Å². The fraction of sp³-hybridized carbons (Fsp3) is 0.667. The summed E-state index contributed by atoms with van der Waals surface area (Å²) in [6.45, 7) is 16.4. The summed E-state index contributed by atoms with van der Waals surface area (Å²) in [4.78, 5) is 11.2. The molecule has 0 bridgehead atoms. The van der Waals surface area contributed by atoms with Crippen LogP contribution in [0.2, 0.25) is 0 Å². The standard InChI is InChI=1S/C9H16FNO.C6H12O2S/c1-6(7(2)10)8(12)11-9(3,4)5;1-5-9(7,8)6(2,3)4/h1-5H3,(H,11,12);5H,1H2,2-4H3/b7-6-;. The lowest BCUT2D eigenvalue weighted by Crippen LogP contribution is -2.41. The molecule has 0 saturated carbocycles. The van der Waals surface area contributed by atoms with Crippen molar-refractivity contribution in [3.8, 4) is 0 Å². The maximum atomic E-state index is 12.5. The number of hydrogen-bond donors (Lipinski definition) is 1. The van der Waals surface area contributed by atoms with Crippen LogP contribution in [0.1, 0.15) is 55.4 Å². The lowest BCUT2D eigenvalue weighted by atomic mass is 10.1. The first kappa shape index (κ1) is 22.1. The number of halogens is 1. The van der Waals surface area contributed by atoms with Crippen LogP contribution in [0.25, 0.3) is 0 Å². The molecule has 0 saturated heterocycles. The molecule has 0 heterocycles. The van der Waals surface area contributed by atoms with Gasteiger partial charge in [-0.25, -0.2) is 12.8 Å². The topological polar surface area (TPSA) is 63.2 Å². The van der Waals surface area contributed by atoms with Crippen molar-refractivity contribution >= 4 is 15.7 Å². The molecular formula is C15H28FNO3S. The van der Waals surface area contributed by atoms with Gasteiger partial charge in [0.15, 0.2) is 9.84 Å². The minimum Gasteiger partial charge on any atom is -0.348 e. The Hall–Kier alpha value is -1.17. The molecule has 0 aromatic heterocycles. The van der Waals surface area contributed by atoms with Crippen molar-refractivity contribution in [2.75, 3.05) is 0 Å². The molecule has 4 nitrogen and oxygen atoms in total. The second-order valence-corrected chi connectivity index (χ2v) is 9.33. The summed E-state index contributed by atoms with van der Waals surface area (Å²) in [6, 6.07) is 0. The number of hydrogen-bond acceptors (Lipinski definition) is 3. The third kappa shape index (κ3) is 9.39. The first-order valence-corrected chi connectivity index (χ1v) is 8.12. The van der Waals surface area contributed by atoms with Crippen LogP contribution in [0.3, 0.4) is 0 Å². The Morgan fingerprint density at radius 1 is 1.10 bits per heavy atom. The summed E-state index contributed by atoms with van der Waals surface area (Å²) in [5.41, 5.74) is -0.168. The monoisotopic (exact) mass is 321 g/mol. The van der Waals surface area contributed by atoms with Crippen molar-refractivity contribution in [1.29, 1.82) is 0 Å². The molecule has 0 atom stereocenters. The molecule has 6 heteroatoms. The summed E-state index contributed by atoms with van der Waals surface area (Å²) < 4.78 is 33.6. The normalized spacial score (nSPS) is 13.6. The van der Waals surface area contributed by atoms with Crippen molar-refractivity contribution in [2.45, 2.75) is 65.7 Å². The molecule has 0 aliphatic rings. The summed E-state index contributed by atoms with van der Waals surface area (Å²) >= 11 is 0. The third-order valence-electron chi connectivity index (χ3n) is 2.42. The molecule has 0 radical (unpaired) electrons. The zero-order valence-corrected chi connectivity index (χ0v) is 15.1. The van der Waals surface area contributed by atoms with Gasteiger partial charge in [-0.15, -0.1) is 0 Å².